The van der Waals surface area contributed by atoms with Crippen molar-refractivity contribution < 1.29 is 31.1 Å². The summed E-state index contributed by atoms with van der Waals surface area (Å²) in [6.07, 6.45) is -9.40. The van der Waals surface area contributed by atoms with Crippen molar-refractivity contribution in [2.24, 2.45) is 0 Å². The van der Waals surface area contributed by atoms with Gasteiger partial charge < -0.3 is 5.32 Å². The molecule has 1 rings (SSSR count). The molecule has 0 saturated carbocycles. The molecular weight excluding hydrogens is 276 g/mol. The first-order valence-corrected chi connectivity index (χ1v) is 5.12. The molecule has 0 heterocycles. The van der Waals surface area contributed by atoms with Gasteiger partial charge in [-0.15, -0.1) is 0 Å². The van der Waals surface area contributed by atoms with Gasteiger partial charge >= 0.3 is 18.3 Å². The van der Waals surface area contributed by atoms with Gasteiger partial charge in [0.15, 0.2) is 0 Å². The van der Waals surface area contributed by atoms with Gasteiger partial charge in [-0.25, -0.2) is 0 Å². The Morgan fingerprint density at radius 2 is 1.53 bits per heavy atom. The molecule has 0 fully saturated rings. The summed E-state index contributed by atoms with van der Waals surface area (Å²) < 4.78 is 72.1. The zero-order chi connectivity index (χ0) is 14.7. The predicted octanol–water partition coefficient (Wildman–Crippen LogP) is 2.93. The van der Waals surface area contributed by atoms with E-state index in [-0.39, 0.29) is 13.0 Å². The van der Waals surface area contributed by atoms with Crippen LogP contribution in [-0.2, 0) is 17.4 Å². The molecule has 0 aromatic heterocycles. The molecule has 0 saturated heterocycles. The van der Waals surface area contributed by atoms with Crippen LogP contribution in [-0.4, -0.2) is 18.6 Å². The fourth-order valence-electron chi connectivity index (χ4n) is 1.28. The Balaban J connectivity index is 2.50. The average Bonchev–Trinajstić information content (AvgIpc) is 2.27. The predicted molar refractivity (Wildman–Crippen MR) is 54.2 cm³/mol. The molecule has 106 valence electrons. The first-order valence-electron chi connectivity index (χ1n) is 5.12. The second kappa shape index (κ2) is 5.50. The van der Waals surface area contributed by atoms with Crippen molar-refractivity contribution in [3.05, 3.63) is 35.4 Å². The number of hydrogen-bond acceptors (Lipinski definition) is 1. The highest BCUT2D eigenvalue weighted by Crippen LogP contribution is 2.29. The molecular formula is C11H9F6NO. The average molecular weight is 285 g/mol. The van der Waals surface area contributed by atoms with Crippen molar-refractivity contribution in [2.75, 3.05) is 6.54 Å². The smallest absolute Gasteiger partial charge is 0.348 e. The molecule has 8 heteroatoms. The summed E-state index contributed by atoms with van der Waals surface area (Å²) in [7, 11) is 0. The second-order valence-electron chi connectivity index (χ2n) is 3.70. The van der Waals surface area contributed by atoms with E-state index in [0.717, 1.165) is 24.3 Å². The SMILES string of the molecule is O=C(NCCc1ccc(C(F)(F)F)cc1)C(F)(F)F. The molecule has 0 aliphatic heterocycles. The maximum absolute atomic E-state index is 12.2. The number of carbonyl (C=O) groups excluding carboxylic acids is 1. The minimum Gasteiger partial charge on any atom is -0.348 e. The molecule has 1 aromatic carbocycles. The standard InChI is InChI=1S/C11H9F6NO/c12-10(13,14)8-3-1-7(2-4-8)5-6-18-9(19)11(15,16)17/h1-4H,5-6H2,(H,18,19). The van der Waals surface area contributed by atoms with Crippen molar-refractivity contribution in [3.63, 3.8) is 0 Å². The van der Waals surface area contributed by atoms with Gasteiger partial charge in [0.05, 0.1) is 5.56 Å². The van der Waals surface area contributed by atoms with E-state index in [9.17, 15) is 31.1 Å². The Bertz CT molecular complexity index is 434. The van der Waals surface area contributed by atoms with Gasteiger partial charge in [0.25, 0.3) is 0 Å². The fourth-order valence-corrected chi connectivity index (χ4v) is 1.28. The summed E-state index contributed by atoms with van der Waals surface area (Å²) in [4.78, 5) is 10.5. The number of rotatable bonds is 3. The summed E-state index contributed by atoms with van der Waals surface area (Å²) >= 11 is 0. The molecule has 0 spiro atoms. The van der Waals surface area contributed by atoms with E-state index in [2.05, 4.69) is 0 Å². The maximum atomic E-state index is 12.2. The van der Waals surface area contributed by atoms with Gasteiger partial charge in [-0.1, -0.05) is 12.1 Å². The minimum atomic E-state index is -4.96. The normalized spacial score (nSPS) is 12.3. The number of alkyl halides is 6. The highest BCUT2D eigenvalue weighted by molar-refractivity contribution is 5.81. The Hall–Kier alpha value is -1.73. The summed E-state index contributed by atoms with van der Waals surface area (Å²) in [6.45, 7) is -0.302. The van der Waals surface area contributed by atoms with E-state index in [0.29, 0.717) is 5.56 Å². The second-order valence-corrected chi connectivity index (χ2v) is 3.70. The van der Waals surface area contributed by atoms with Gasteiger partial charge in [-0.05, 0) is 24.1 Å². The minimum absolute atomic E-state index is 0.0138. The largest absolute Gasteiger partial charge is 0.471 e. The Kier molecular flexibility index (Phi) is 4.43. The highest BCUT2D eigenvalue weighted by Gasteiger charge is 2.38. The lowest BCUT2D eigenvalue weighted by Crippen LogP contribution is -2.37. The van der Waals surface area contributed by atoms with Crippen molar-refractivity contribution in [1.29, 1.82) is 0 Å². The highest BCUT2D eigenvalue weighted by atomic mass is 19.4. The molecule has 1 amide bonds. The summed E-state index contributed by atoms with van der Waals surface area (Å²) in [6, 6.07) is 3.98. The number of amides is 1. The molecule has 19 heavy (non-hydrogen) atoms. The van der Waals surface area contributed by atoms with Crippen LogP contribution in [0.4, 0.5) is 26.3 Å². The third-order valence-electron chi connectivity index (χ3n) is 2.24. The third-order valence-corrected chi connectivity index (χ3v) is 2.24. The molecule has 0 bridgehead atoms. The van der Waals surface area contributed by atoms with Crippen LogP contribution >= 0.6 is 0 Å². The van der Waals surface area contributed by atoms with Crippen LogP contribution in [0.3, 0.4) is 0 Å². The fraction of sp³-hybridized carbons (Fsp3) is 0.364. The van der Waals surface area contributed by atoms with Crippen LogP contribution < -0.4 is 5.32 Å². The Morgan fingerprint density at radius 1 is 1.00 bits per heavy atom. The number of nitrogens with one attached hydrogen (secondary N) is 1. The lowest BCUT2D eigenvalue weighted by atomic mass is 10.1. The van der Waals surface area contributed by atoms with Crippen LogP contribution in [0.2, 0.25) is 0 Å². The van der Waals surface area contributed by atoms with E-state index in [1.54, 1.807) is 5.32 Å². The molecule has 0 unspecified atom stereocenters. The summed E-state index contributed by atoms with van der Waals surface area (Å²) in [5.74, 6) is -2.07. The molecule has 1 aromatic rings. The van der Waals surface area contributed by atoms with E-state index in [1.807, 2.05) is 0 Å². The van der Waals surface area contributed by atoms with Crippen LogP contribution in [0.15, 0.2) is 24.3 Å². The van der Waals surface area contributed by atoms with E-state index in [1.165, 1.54) is 0 Å². The first kappa shape index (κ1) is 15.3. The molecule has 2 nitrogen and oxygen atoms in total. The number of carbonyl (C=O) groups is 1. The molecule has 0 radical (unpaired) electrons. The Labute approximate surface area is 104 Å². The van der Waals surface area contributed by atoms with Gasteiger partial charge in [-0.3, -0.25) is 4.79 Å². The van der Waals surface area contributed by atoms with Crippen LogP contribution in [0.25, 0.3) is 0 Å². The molecule has 0 atom stereocenters. The van der Waals surface area contributed by atoms with Crippen LogP contribution in [0.1, 0.15) is 11.1 Å². The van der Waals surface area contributed by atoms with E-state index in [4.69, 9.17) is 0 Å². The number of halogens is 6. The van der Waals surface area contributed by atoms with Crippen molar-refractivity contribution in [2.45, 2.75) is 18.8 Å². The van der Waals surface area contributed by atoms with E-state index < -0.39 is 23.8 Å². The first-order chi connectivity index (χ1) is 8.60. The zero-order valence-corrected chi connectivity index (χ0v) is 9.40. The monoisotopic (exact) mass is 285 g/mol. The Morgan fingerprint density at radius 3 is 1.95 bits per heavy atom. The summed E-state index contributed by atoms with van der Waals surface area (Å²) in [5, 5.41) is 1.63. The van der Waals surface area contributed by atoms with Gasteiger partial charge in [0, 0.05) is 6.54 Å². The maximum Gasteiger partial charge on any atom is 0.471 e. The lowest BCUT2D eigenvalue weighted by molar-refractivity contribution is -0.173. The van der Waals surface area contributed by atoms with E-state index >= 15 is 0 Å². The third kappa shape index (κ3) is 4.80. The van der Waals surface area contributed by atoms with Gasteiger partial charge in [0.1, 0.15) is 0 Å². The number of benzene rings is 1. The number of hydrogen-bond donors (Lipinski definition) is 1. The van der Waals surface area contributed by atoms with Crippen LogP contribution in [0, 0.1) is 0 Å². The molecule has 0 aliphatic carbocycles. The zero-order valence-electron chi connectivity index (χ0n) is 9.40. The van der Waals surface area contributed by atoms with Crippen molar-refractivity contribution in [3.8, 4) is 0 Å². The van der Waals surface area contributed by atoms with Gasteiger partial charge in [-0.2, -0.15) is 26.3 Å². The molecule has 0 aliphatic rings. The van der Waals surface area contributed by atoms with Crippen LogP contribution in [0.5, 0.6) is 0 Å². The lowest BCUT2D eigenvalue weighted by Gasteiger charge is -2.09. The summed E-state index contributed by atoms with van der Waals surface area (Å²) in [5.41, 5.74) is -0.439. The van der Waals surface area contributed by atoms with Crippen molar-refractivity contribution >= 4 is 5.91 Å². The quantitative estimate of drug-likeness (QED) is 0.850. The van der Waals surface area contributed by atoms with Crippen molar-refractivity contribution in [1.82, 2.24) is 5.32 Å². The topological polar surface area (TPSA) is 29.1 Å². The van der Waals surface area contributed by atoms with Gasteiger partial charge in [0.2, 0.25) is 0 Å². The molecule has 1 N–H and O–H groups in total.